The zero-order valence-electron chi connectivity index (χ0n) is 13.0. The summed E-state index contributed by atoms with van der Waals surface area (Å²) in [5.41, 5.74) is 0.981. The first-order valence-corrected chi connectivity index (χ1v) is 7.42. The molecule has 24 heavy (non-hydrogen) atoms. The fourth-order valence-electron chi connectivity index (χ4n) is 2.62. The van der Waals surface area contributed by atoms with Crippen LogP contribution < -0.4 is 5.32 Å². The van der Waals surface area contributed by atoms with E-state index in [9.17, 15) is 18.7 Å². The second-order valence-electron chi connectivity index (χ2n) is 5.57. The molecule has 2 aromatic carbocycles. The highest BCUT2D eigenvalue weighted by Crippen LogP contribution is 2.21. The van der Waals surface area contributed by atoms with E-state index in [0.29, 0.717) is 5.56 Å². The number of amides is 1. The van der Waals surface area contributed by atoms with Gasteiger partial charge in [-0.05, 0) is 41.3 Å². The van der Waals surface area contributed by atoms with E-state index in [0.717, 1.165) is 23.0 Å². The Morgan fingerprint density at radius 3 is 2.62 bits per heavy atom. The minimum Gasteiger partial charge on any atom is -0.387 e. The van der Waals surface area contributed by atoms with Crippen LogP contribution in [0.4, 0.5) is 8.78 Å². The van der Waals surface area contributed by atoms with Crippen LogP contribution in [0.1, 0.15) is 22.0 Å². The molecule has 6 heteroatoms. The predicted molar refractivity (Wildman–Crippen MR) is 86.6 cm³/mol. The molecular formula is C18H16F2N2O2. The van der Waals surface area contributed by atoms with Gasteiger partial charge in [-0.3, -0.25) is 4.79 Å². The Morgan fingerprint density at radius 2 is 1.92 bits per heavy atom. The number of nitrogens with zero attached hydrogens (tertiary/aromatic N) is 1. The van der Waals surface area contributed by atoms with Gasteiger partial charge in [-0.15, -0.1) is 0 Å². The van der Waals surface area contributed by atoms with Crippen molar-refractivity contribution in [3.05, 3.63) is 71.4 Å². The van der Waals surface area contributed by atoms with Gasteiger partial charge in [0.1, 0.15) is 17.2 Å². The van der Waals surface area contributed by atoms with Crippen LogP contribution in [0.15, 0.2) is 48.7 Å². The van der Waals surface area contributed by atoms with E-state index in [2.05, 4.69) is 5.32 Å². The average molecular weight is 330 g/mol. The lowest BCUT2D eigenvalue weighted by molar-refractivity contribution is 0.0908. The summed E-state index contributed by atoms with van der Waals surface area (Å²) in [5.74, 6) is -2.77. The van der Waals surface area contributed by atoms with Gasteiger partial charge in [0.2, 0.25) is 0 Å². The number of hydrogen-bond acceptors (Lipinski definition) is 2. The predicted octanol–water partition coefficient (Wildman–Crippen LogP) is 2.92. The van der Waals surface area contributed by atoms with Crippen molar-refractivity contribution in [2.45, 2.75) is 6.10 Å². The molecule has 1 heterocycles. The van der Waals surface area contributed by atoms with Gasteiger partial charge in [0.05, 0.1) is 6.10 Å². The van der Waals surface area contributed by atoms with E-state index in [1.54, 1.807) is 6.07 Å². The fourth-order valence-corrected chi connectivity index (χ4v) is 2.62. The summed E-state index contributed by atoms with van der Waals surface area (Å²) in [7, 11) is 1.92. The molecule has 0 bridgehead atoms. The van der Waals surface area contributed by atoms with Crippen LogP contribution in [0.5, 0.6) is 0 Å². The van der Waals surface area contributed by atoms with Crippen molar-refractivity contribution < 1.29 is 18.7 Å². The number of halogens is 2. The number of aromatic nitrogens is 1. The monoisotopic (exact) mass is 330 g/mol. The van der Waals surface area contributed by atoms with E-state index in [1.165, 1.54) is 6.07 Å². The molecule has 124 valence electrons. The van der Waals surface area contributed by atoms with Crippen molar-refractivity contribution in [3.8, 4) is 0 Å². The highest BCUT2D eigenvalue weighted by molar-refractivity contribution is 5.94. The van der Waals surface area contributed by atoms with E-state index in [-0.39, 0.29) is 6.54 Å². The Labute approximate surface area is 137 Å². The number of aliphatic hydroxyl groups excluding tert-OH is 1. The number of carbonyl (C=O) groups is 1. The molecule has 0 saturated carbocycles. The second kappa shape index (κ2) is 6.41. The van der Waals surface area contributed by atoms with Crippen LogP contribution in [-0.2, 0) is 7.05 Å². The standard InChI is InChI=1S/C18H16F2N2O2/c1-22-8-7-11-9-12(5-6-15(11)22)16(23)10-21-18(24)17-13(19)3-2-4-14(17)20/h2-9,16,23H,10H2,1H3,(H,21,24)/t16-/m0/s1. The zero-order valence-corrected chi connectivity index (χ0v) is 13.0. The first kappa shape index (κ1) is 16.1. The van der Waals surface area contributed by atoms with E-state index < -0.39 is 29.2 Å². The van der Waals surface area contributed by atoms with Gasteiger partial charge < -0.3 is 15.0 Å². The van der Waals surface area contributed by atoms with Gasteiger partial charge in [0, 0.05) is 25.3 Å². The summed E-state index contributed by atoms with van der Waals surface area (Å²) in [6, 6.07) is 10.6. The van der Waals surface area contributed by atoms with Crippen molar-refractivity contribution in [1.29, 1.82) is 0 Å². The van der Waals surface area contributed by atoms with Gasteiger partial charge in [-0.2, -0.15) is 0 Å². The van der Waals surface area contributed by atoms with Crippen molar-refractivity contribution in [2.24, 2.45) is 7.05 Å². The summed E-state index contributed by atoms with van der Waals surface area (Å²) >= 11 is 0. The Morgan fingerprint density at radius 1 is 1.21 bits per heavy atom. The Bertz CT molecular complexity index is 885. The van der Waals surface area contributed by atoms with Crippen LogP contribution in [0.2, 0.25) is 0 Å². The van der Waals surface area contributed by atoms with Crippen LogP contribution in [0.3, 0.4) is 0 Å². The van der Waals surface area contributed by atoms with Crippen LogP contribution in [-0.4, -0.2) is 22.1 Å². The second-order valence-corrected chi connectivity index (χ2v) is 5.57. The molecule has 0 unspecified atom stereocenters. The molecule has 0 radical (unpaired) electrons. The molecule has 2 N–H and O–H groups in total. The number of rotatable bonds is 4. The lowest BCUT2D eigenvalue weighted by Crippen LogP contribution is -2.29. The van der Waals surface area contributed by atoms with Gasteiger partial charge in [-0.1, -0.05) is 12.1 Å². The maximum absolute atomic E-state index is 13.6. The molecule has 3 aromatic rings. The molecule has 1 aromatic heterocycles. The van der Waals surface area contributed by atoms with Crippen molar-refractivity contribution in [3.63, 3.8) is 0 Å². The quantitative estimate of drug-likeness (QED) is 0.773. The molecule has 0 aliphatic heterocycles. The van der Waals surface area contributed by atoms with Crippen molar-refractivity contribution in [2.75, 3.05) is 6.54 Å². The highest BCUT2D eigenvalue weighted by atomic mass is 19.1. The number of aryl methyl sites for hydroxylation is 1. The number of nitrogens with one attached hydrogen (secondary N) is 1. The molecule has 0 aliphatic carbocycles. The van der Waals surface area contributed by atoms with Gasteiger partial charge in [0.15, 0.2) is 0 Å². The number of fused-ring (bicyclic) bond motifs is 1. The van der Waals surface area contributed by atoms with Crippen LogP contribution in [0.25, 0.3) is 10.9 Å². The lowest BCUT2D eigenvalue weighted by atomic mass is 10.1. The van der Waals surface area contributed by atoms with E-state index >= 15 is 0 Å². The first-order chi connectivity index (χ1) is 11.5. The normalized spacial score (nSPS) is 12.3. The summed E-state index contributed by atoms with van der Waals surface area (Å²) in [5, 5.41) is 13.5. The SMILES string of the molecule is Cn1ccc2cc([C@@H](O)CNC(=O)c3c(F)cccc3F)ccc21. The summed E-state index contributed by atoms with van der Waals surface area (Å²) in [4.78, 5) is 11.9. The maximum atomic E-state index is 13.6. The minimum absolute atomic E-state index is 0.148. The van der Waals surface area contributed by atoms with Crippen LogP contribution in [0, 0.1) is 11.6 Å². The number of benzene rings is 2. The largest absolute Gasteiger partial charge is 0.387 e. The average Bonchev–Trinajstić information content (AvgIpc) is 2.93. The van der Waals surface area contributed by atoms with Crippen molar-refractivity contribution in [1.82, 2.24) is 9.88 Å². The molecule has 1 atom stereocenters. The molecule has 0 fully saturated rings. The lowest BCUT2D eigenvalue weighted by Gasteiger charge is -2.13. The molecule has 1 amide bonds. The minimum atomic E-state index is -0.978. The molecule has 3 rings (SSSR count). The van der Waals surface area contributed by atoms with Crippen LogP contribution >= 0.6 is 0 Å². The molecule has 4 nitrogen and oxygen atoms in total. The number of carbonyl (C=O) groups excluding carboxylic acids is 1. The number of hydrogen-bond donors (Lipinski definition) is 2. The fraction of sp³-hybridized carbons (Fsp3) is 0.167. The first-order valence-electron chi connectivity index (χ1n) is 7.42. The molecule has 0 aliphatic rings. The highest BCUT2D eigenvalue weighted by Gasteiger charge is 2.18. The molecular weight excluding hydrogens is 314 g/mol. The van der Waals surface area contributed by atoms with E-state index in [1.807, 2.05) is 36.0 Å². The smallest absolute Gasteiger partial charge is 0.257 e. The molecule has 0 saturated heterocycles. The third-order valence-electron chi connectivity index (χ3n) is 3.94. The number of aliphatic hydroxyl groups is 1. The Balaban J connectivity index is 1.72. The van der Waals surface area contributed by atoms with Gasteiger partial charge >= 0.3 is 0 Å². The topological polar surface area (TPSA) is 54.3 Å². The van der Waals surface area contributed by atoms with Gasteiger partial charge in [-0.25, -0.2) is 8.78 Å². The Hall–Kier alpha value is -2.73. The third kappa shape index (κ3) is 3.00. The van der Waals surface area contributed by atoms with Crippen molar-refractivity contribution >= 4 is 16.8 Å². The summed E-state index contributed by atoms with van der Waals surface area (Å²) < 4.78 is 29.1. The summed E-state index contributed by atoms with van der Waals surface area (Å²) in [6.45, 7) is -0.148. The zero-order chi connectivity index (χ0) is 17.3. The van der Waals surface area contributed by atoms with Gasteiger partial charge in [0.25, 0.3) is 5.91 Å². The summed E-state index contributed by atoms with van der Waals surface area (Å²) in [6.07, 6.45) is 0.928. The third-order valence-corrected chi connectivity index (χ3v) is 3.94. The Kier molecular flexibility index (Phi) is 4.31. The molecule has 0 spiro atoms. The van der Waals surface area contributed by atoms with E-state index in [4.69, 9.17) is 0 Å². The maximum Gasteiger partial charge on any atom is 0.257 e.